The van der Waals surface area contributed by atoms with Gasteiger partial charge in [-0.05, 0) is 35.2 Å². The molecule has 0 aromatic heterocycles. The summed E-state index contributed by atoms with van der Waals surface area (Å²) in [6.45, 7) is 5.90. The Morgan fingerprint density at radius 3 is 2.29 bits per heavy atom. The Hall–Kier alpha value is -2.08. The van der Waals surface area contributed by atoms with Crippen LogP contribution in [0.4, 0.5) is 0 Å². The van der Waals surface area contributed by atoms with Gasteiger partial charge in [-0.15, -0.1) is 0 Å². The van der Waals surface area contributed by atoms with Gasteiger partial charge in [0.1, 0.15) is 0 Å². The molecule has 2 rings (SSSR count). The molecule has 0 spiro atoms. The summed E-state index contributed by atoms with van der Waals surface area (Å²) < 4.78 is 0. The van der Waals surface area contributed by atoms with Crippen LogP contribution in [0.3, 0.4) is 0 Å². The normalized spacial score (nSPS) is 10.6. The van der Waals surface area contributed by atoms with E-state index < -0.39 is 0 Å². The summed E-state index contributed by atoms with van der Waals surface area (Å²) in [4.78, 5) is 0. The number of allylic oxidation sites excluding steroid dienone is 1. The molecule has 2 aromatic carbocycles. The fraction of sp³-hybridized carbons (Fsp3) is 0.0588. The second kappa shape index (κ2) is 5.31. The molecule has 0 aliphatic rings. The van der Waals surface area contributed by atoms with Gasteiger partial charge in [0.05, 0.1) is 0 Å². The van der Waals surface area contributed by atoms with Crippen molar-refractivity contribution in [2.24, 2.45) is 0 Å². The van der Waals surface area contributed by atoms with E-state index in [4.69, 9.17) is 0 Å². The summed E-state index contributed by atoms with van der Waals surface area (Å²) in [7, 11) is 0. The van der Waals surface area contributed by atoms with Gasteiger partial charge in [-0.25, -0.2) is 0 Å². The Labute approximate surface area is 103 Å². The molecule has 0 saturated carbocycles. The molecule has 0 atom stereocenters. The minimum absolute atomic E-state index is 1.17. The monoisotopic (exact) mass is 220 g/mol. The SMILES string of the molecule is C=Cc1cc(-c2ccccc2)ccc1/C=C\C. The van der Waals surface area contributed by atoms with Crippen molar-refractivity contribution in [3.05, 3.63) is 72.3 Å². The molecule has 0 amide bonds. The van der Waals surface area contributed by atoms with Crippen LogP contribution in [0.1, 0.15) is 18.1 Å². The van der Waals surface area contributed by atoms with Gasteiger partial charge in [-0.1, -0.05) is 67.3 Å². The molecule has 0 radical (unpaired) electrons. The zero-order valence-electron chi connectivity index (χ0n) is 10.1. The van der Waals surface area contributed by atoms with Crippen molar-refractivity contribution in [3.8, 4) is 11.1 Å². The Morgan fingerprint density at radius 2 is 1.65 bits per heavy atom. The summed E-state index contributed by atoms with van der Waals surface area (Å²) >= 11 is 0. The average Bonchev–Trinajstić information content (AvgIpc) is 2.40. The van der Waals surface area contributed by atoms with Crippen molar-refractivity contribution in [1.82, 2.24) is 0 Å². The third-order valence-electron chi connectivity index (χ3n) is 2.76. The van der Waals surface area contributed by atoms with Gasteiger partial charge >= 0.3 is 0 Å². The van der Waals surface area contributed by atoms with E-state index in [1.165, 1.54) is 22.3 Å². The lowest BCUT2D eigenvalue weighted by Gasteiger charge is -2.06. The first-order chi connectivity index (χ1) is 8.35. The highest BCUT2D eigenvalue weighted by atomic mass is 14.0. The van der Waals surface area contributed by atoms with Crippen LogP contribution in [0.25, 0.3) is 23.3 Å². The zero-order valence-corrected chi connectivity index (χ0v) is 10.1. The van der Waals surface area contributed by atoms with E-state index in [0.29, 0.717) is 0 Å². The second-order valence-corrected chi connectivity index (χ2v) is 3.91. The predicted molar refractivity (Wildman–Crippen MR) is 76.7 cm³/mol. The van der Waals surface area contributed by atoms with E-state index in [-0.39, 0.29) is 0 Å². The van der Waals surface area contributed by atoms with E-state index in [2.05, 4.69) is 55.1 Å². The van der Waals surface area contributed by atoms with Gasteiger partial charge in [0.2, 0.25) is 0 Å². The van der Waals surface area contributed by atoms with Crippen LogP contribution < -0.4 is 0 Å². The molecule has 17 heavy (non-hydrogen) atoms. The Morgan fingerprint density at radius 1 is 0.882 bits per heavy atom. The Kier molecular flexibility index (Phi) is 3.56. The number of benzene rings is 2. The van der Waals surface area contributed by atoms with E-state index in [0.717, 1.165) is 0 Å². The topological polar surface area (TPSA) is 0 Å². The molecule has 0 N–H and O–H groups in total. The number of rotatable bonds is 3. The molecule has 84 valence electrons. The summed E-state index contributed by atoms with van der Waals surface area (Å²) in [6, 6.07) is 16.9. The van der Waals surface area contributed by atoms with Crippen molar-refractivity contribution >= 4 is 12.2 Å². The van der Waals surface area contributed by atoms with Crippen LogP contribution in [-0.4, -0.2) is 0 Å². The van der Waals surface area contributed by atoms with Crippen LogP contribution in [0.15, 0.2) is 61.2 Å². The molecule has 0 aliphatic carbocycles. The average molecular weight is 220 g/mol. The molecule has 2 aromatic rings. The van der Waals surface area contributed by atoms with Gasteiger partial charge in [0, 0.05) is 0 Å². The second-order valence-electron chi connectivity index (χ2n) is 3.91. The zero-order chi connectivity index (χ0) is 12.1. The third-order valence-corrected chi connectivity index (χ3v) is 2.76. The Balaban J connectivity index is 2.49. The quantitative estimate of drug-likeness (QED) is 0.680. The van der Waals surface area contributed by atoms with Gasteiger partial charge in [0.25, 0.3) is 0 Å². The summed E-state index contributed by atoms with van der Waals surface area (Å²) in [6.07, 6.45) is 6.05. The lowest BCUT2D eigenvalue weighted by atomic mass is 9.99. The minimum Gasteiger partial charge on any atom is -0.0984 e. The van der Waals surface area contributed by atoms with E-state index in [1.807, 2.05) is 25.1 Å². The molecular formula is C17H16. The highest BCUT2D eigenvalue weighted by Gasteiger charge is 2.00. The van der Waals surface area contributed by atoms with Crippen molar-refractivity contribution < 1.29 is 0 Å². The van der Waals surface area contributed by atoms with Crippen LogP contribution >= 0.6 is 0 Å². The van der Waals surface area contributed by atoms with Gasteiger partial charge in [-0.2, -0.15) is 0 Å². The lowest BCUT2D eigenvalue weighted by molar-refractivity contribution is 1.57. The van der Waals surface area contributed by atoms with Crippen LogP contribution in [-0.2, 0) is 0 Å². The molecule has 0 unspecified atom stereocenters. The van der Waals surface area contributed by atoms with E-state index in [9.17, 15) is 0 Å². The van der Waals surface area contributed by atoms with Crippen LogP contribution in [0.2, 0.25) is 0 Å². The summed E-state index contributed by atoms with van der Waals surface area (Å²) in [5, 5.41) is 0. The molecule has 0 aliphatic heterocycles. The van der Waals surface area contributed by atoms with Crippen molar-refractivity contribution in [2.75, 3.05) is 0 Å². The number of hydrogen-bond acceptors (Lipinski definition) is 0. The highest BCUT2D eigenvalue weighted by Crippen LogP contribution is 2.23. The van der Waals surface area contributed by atoms with Gasteiger partial charge in [0.15, 0.2) is 0 Å². The van der Waals surface area contributed by atoms with Gasteiger partial charge < -0.3 is 0 Å². The molecule has 0 bridgehead atoms. The first kappa shape index (κ1) is 11.4. The molecule has 0 heterocycles. The molecular weight excluding hydrogens is 204 g/mol. The minimum atomic E-state index is 1.17. The fourth-order valence-corrected chi connectivity index (χ4v) is 1.89. The largest absolute Gasteiger partial charge is 0.0984 e. The first-order valence-corrected chi connectivity index (χ1v) is 5.79. The highest BCUT2D eigenvalue weighted by molar-refractivity contribution is 5.73. The maximum absolute atomic E-state index is 3.87. The molecule has 0 nitrogen and oxygen atoms in total. The fourth-order valence-electron chi connectivity index (χ4n) is 1.89. The van der Waals surface area contributed by atoms with Gasteiger partial charge in [-0.3, -0.25) is 0 Å². The van der Waals surface area contributed by atoms with E-state index >= 15 is 0 Å². The molecule has 0 saturated heterocycles. The smallest absolute Gasteiger partial charge is 0.0178 e. The number of hydrogen-bond donors (Lipinski definition) is 0. The standard InChI is InChI=1S/C17H16/c1-3-8-15-11-12-17(13-14(15)4-2)16-9-6-5-7-10-16/h3-13H,2H2,1H3/b8-3-. The molecule has 0 fully saturated rings. The maximum Gasteiger partial charge on any atom is -0.0178 e. The lowest BCUT2D eigenvalue weighted by Crippen LogP contribution is -1.83. The first-order valence-electron chi connectivity index (χ1n) is 5.79. The molecule has 0 heteroatoms. The maximum atomic E-state index is 3.87. The van der Waals surface area contributed by atoms with Crippen molar-refractivity contribution in [3.63, 3.8) is 0 Å². The van der Waals surface area contributed by atoms with Crippen LogP contribution in [0, 0.1) is 0 Å². The third kappa shape index (κ3) is 2.54. The van der Waals surface area contributed by atoms with E-state index in [1.54, 1.807) is 0 Å². The van der Waals surface area contributed by atoms with Crippen molar-refractivity contribution in [1.29, 1.82) is 0 Å². The summed E-state index contributed by atoms with van der Waals surface area (Å²) in [5.74, 6) is 0. The van der Waals surface area contributed by atoms with Crippen molar-refractivity contribution in [2.45, 2.75) is 6.92 Å². The summed E-state index contributed by atoms with van der Waals surface area (Å²) in [5.41, 5.74) is 4.85. The Bertz CT molecular complexity index is 533. The predicted octanol–water partition coefficient (Wildman–Crippen LogP) is 5.03. The van der Waals surface area contributed by atoms with Crippen LogP contribution in [0.5, 0.6) is 0 Å².